The van der Waals surface area contributed by atoms with Gasteiger partial charge in [-0.05, 0) is 43.5 Å². The highest BCUT2D eigenvalue weighted by Gasteiger charge is 2.18. The van der Waals surface area contributed by atoms with Crippen molar-refractivity contribution in [3.05, 3.63) is 28.8 Å². The van der Waals surface area contributed by atoms with Gasteiger partial charge in [0.2, 0.25) is 5.91 Å². The molecule has 1 amide bonds. The Hall–Kier alpha value is -1.22. The van der Waals surface area contributed by atoms with Crippen LogP contribution in [0.3, 0.4) is 0 Å². The molecule has 0 spiro atoms. The third kappa shape index (κ3) is 3.39. The zero-order valence-corrected chi connectivity index (χ0v) is 11.4. The van der Waals surface area contributed by atoms with Gasteiger partial charge in [-0.25, -0.2) is 0 Å². The molecule has 1 saturated heterocycles. The van der Waals surface area contributed by atoms with Gasteiger partial charge in [0.1, 0.15) is 5.75 Å². The second-order valence-corrected chi connectivity index (χ2v) is 5.00. The first-order chi connectivity index (χ1) is 8.66. The number of ether oxygens (including phenoxy) is 1. The molecule has 98 valence electrons. The molecule has 1 aromatic carbocycles. The summed E-state index contributed by atoms with van der Waals surface area (Å²) < 4.78 is 5.64. The van der Waals surface area contributed by atoms with Crippen LogP contribution in [0.25, 0.3) is 0 Å². The first-order valence-electron chi connectivity index (χ1n) is 6.33. The van der Waals surface area contributed by atoms with Crippen molar-refractivity contribution < 1.29 is 9.53 Å². The van der Waals surface area contributed by atoms with Crippen molar-refractivity contribution in [1.29, 1.82) is 0 Å². The van der Waals surface area contributed by atoms with Gasteiger partial charge in [0, 0.05) is 24.5 Å². The lowest BCUT2D eigenvalue weighted by Crippen LogP contribution is -2.26. The molecule has 18 heavy (non-hydrogen) atoms. The predicted octanol–water partition coefficient (Wildman–Crippen LogP) is 3.04. The fourth-order valence-corrected chi connectivity index (χ4v) is 2.21. The minimum Gasteiger partial charge on any atom is -0.494 e. The van der Waals surface area contributed by atoms with E-state index in [1.807, 2.05) is 30.0 Å². The Balaban J connectivity index is 1.71. The van der Waals surface area contributed by atoms with Gasteiger partial charge in [-0.3, -0.25) is 4.79 Å². The maximum Gasteiger partial charge on any atom is 0.222 e. The largest absolute Gasteiger partial charge is 0.494 e. The highest BCUT2D eigenvalue weighted by Crippen LogP contribution is 2.21. The average molecular weight is 268 g/mol. The number of carbonyl (C=O) groups is 1. The van der Waals surface area contributed by atoms with Crippen LogP contribution in [0.5, 0.6) is 5.75 Å². The number of rotatable bonds is 5. The number of hydrogen-bond acceptors (Lipinski definition) is 2. The van der Waals surface area contributed by atoms with E-state index in [0.717, 1.165) is 42.3 Å². The van der Waals surface area contributed by atoms with Gasteiger partial charge in [0.05, 0.1) is 6.61 Å². The molecule has 1 fully saturated rings. The molecule has 3 nitrogen and oxygen atoms in total. The summed E-state index contributed by atoms with van der Waals surface area (Å²) in [6, 6.07) is 5.65. The smallest absolute Gasteiger partial charge is 0.222 e. The molecule has 0 saturated carbocycles. The van der Waals surface area contributed by atoms with E-state index in [1.54, 1.807) is 0 Å². The lowest BCUT2D eigenvalue weighted by atomic mass is 10.2. The summed E-state index contributed by atoms with van der Waals surface area (Å²) in [5.74, 6) is 1.11. The van der Waals surface area contributed by atoms with Crippen molar-refractivity contribution >= 4 is 17.5 Å². The molecule has 0 aromatic heterocycles. The predicted molar refractivity (Wildman–Crippen MR) is 72.1 cm³/mol. The second-order valence-electron chi connectivity index (χ2n) is 4.60. The molecular weight excluding hydrogens is 250 g/mol. The highest BCUT2D eigenvalue weighted by atomic mass is 35.5. The van der Waals surface area contributed by atoms with Crippen LogP contribution in [0.15, 0.2) is 18.2 Å². The Labute approximate surface area is 113 Å². The molecule has 1 aliphatic rings. The quantitative estimate of drug-likeness (QED) is 0.768. The van der Waals surface area contributed by atoms with Crippen LogP contribution < -0.4 is 4.74 Å². The number of aryl methyl sites for hydroxylation is 1. The summed E-state index contributed by atoms with van der Waals surface area (Å²) in [5, 5.41) is 0.755. The lowest BCUT2D eigenvalue weighted by Gasteiger charge is -2.15. The number of nitrogens with zero attached hydrogens (tertiary/aromatic N) is 1. The monoisotopic (exact) mass is 267 g/mol. The SMILES string of the molecule is Cc1cc(OCCCN2CCCC2=O)ccc1Cl. The maximum atomic E-state index is 11.4. The van der Waals surface area contributed by atoms with Crippen molar-refractivity contribution in [2.75, 3.05) is 19.7 Å². The zero-order chi connectivity index (χ0) is 13.0. The van der Waals surface area contributed by atoms with Crippen LogP contribution in [-0.2, 0) is 4.79 Å². The number of likely N-dealkylation sites (tertiary alicyclic amines) is 1. The van der Waals surface area contributed by atoms with E-state index in [1.165, 1.54) is 0 Å². The molecule has 0 atom stereocenters. The number of amides is 1. The normalized spacial score (nSPS) is 15.2. The molecule has 1 heterocycles. The Morgan fingerprint density at radius 3 is 2.94 bits per heavy atom. The fraction of sp³-hybridized carbons (Fsp3) is 0.500. The lowest BCUT2D eigenvalue weighted by molar-refractivity contribution is -0.127. The van der Waals surface area contributed by atoms with Gasteiger partial charge in [-0.1, -0.05) is 11.6 Å². The minimum absolute atomic E-state index is 0.275. The minimum atomic E-state index is 0.275. The van der Waals surface area contributed by atoms with Crippen molar-refractivity contribution in [3.8, 4) is 5.75 Å². The average Bonchev–Trinajstić information content (AvgIpc) is 2.75. The van der Waals surface area contributed by atoms with Crippen LogP contribution >= 0.6 is 11.6 Å². The van der Waals surface area contributed by atoms with E-state index in [0.29, 0.717) is 13.0 Å². The summed E-state index contributed by atoms with van der Waals surface area (Å²) >= 11 is 5.94. The standard InChI is InChI=1S/C14H18ClNO2/c1-11-10-12(5-6-13(11)15)18-9-3-8-16-7-2-4-14(16)17/h5-6,10H,2-4,7-9H2,1H3. The molecular formula is C14H18ClNO2. The second kappa shape index (κ2) is 6.10. The molecule has 1 aromatic rings. The first kappa shape index (κ1) is 13.2. The third-order valence-electron chi connectivity index (χ3n) is 3.14. The number of halogens is 1. The Morgan fingerprint density at radius 1 is 1.44 bits per heavy atom. The van der Waals surface area contributed by atoms with E-state index in [2.05, 4.69) is 0 Å². The van der Waals surface area contributed by atoms with E-state index < -0.39 is 0 Å². The van der Waals surface area contributed by atoms with Gasteiger partial charge in [0.25, 0.3) is 0 Å². The number of hydrogen-bond donors (Lipinski definition) is 0. The van der Waals surface area contributed by atoms with Crippen molar-refractivity contribution in [2.45, 2.75) is 26.2 Å². The van der Waals surface area contributed by atoms with Gasteiger partial charge in [0.15, 0.2) is 0 Å². The maximum absolute atomic E-state index is 11.4. The van der Waals surface area contributed by atoms with Gasteiger partial charge in [-0.2, -0.15) is 0 Å². The molecule has 0 bridgehead atoms. The van der Waals surface area contributed by atoms with Crippen molar-refractivity contribution in [3.63, 3.8) is 0 Å². The molecule has 0 N–H and O–H groups in total. The Bertz CT molecular complexity index is 434. The van der Waals surface area contributed by atoms with Crippen LogP contribution in [0.4, 0.5) is 0 Å². The summed E-state index contributed by atoms with van der Waals surface area (Å²) in [4.78, 5) is 13.3. The van der Waals surface area contributed by atoms with Crippen LogP contribution in [0.1, 0.15) is 24.8 Å². The van der Waals surface area contributed by atoms with Crippen molar-refractivity contribution in [1.82, 2.24) is 4.90 Å². The van der Waals surface area contributed by atoms with E-state index in [-0.39, 0.29) is 5.91 Å². The Kier molecular flexibility index (Phi) is 4.48. The number of carbonyl (C=O) groups excluding carboxylic acids is 1. The zero-order valence-electron chi connectivity index (χ0n) is 10.6. The third-order valence-corrected chi connectivity index (χ3v) is 3.57. The van der Waals surface area contributed by atoms with E-state index >= 15 is 0 Å². The fourth-order valence-electron chi connectivity index (χ4n) is 2.09. The van der Waals surface area contributed by atoms with E-state index in [4.69, 9.17) is 16.3 Å². The summed E-state index contributed by atoms with van der Waals surface area (Å²) in [6.07, 6.45) is 2.57. The Morgan fingerprint density at radius 2 is 2.28 bits per heavy atom. The molecule has 4 heteroatoms. The van der Waals surface area contributed by atoms with Crippen molar-refractivity contribution in [2.24, 2.45) is 0 Å². The summed E-state index contributed by atoms with van der Waals surface area (Å²) in [5.41, 5.74) is 1.02. The molecule has 0 aliphatic carbocycles. The number of benzene rings is 1. The topological polar surface area (TPSA) is 29.5 Å². The first-order valence-corrected chi connectivity index (χ1v) is 6.71. The van der Waals surface area contributed by atoms with E-state index in [9.17, 15) is 4.79 Å². The summed E-state index contributed by atoms with van der Waals surface area (Å²) in [6.45, 7) is 4.28. The van der Waals surface area contributed by atoms with Gasteiger partial charge < -0.3 is 9.64 Å². The van der Waals surface area contributed by atoms with Gasteiger partial charge in [-0.15, -0.1) is 0 Å². The highest BCUT2D eigenvalue weighted by molar-refractivity contribution is 6.31. The summed E-state index contributed by atoms with van der Waals surface area (Å²) in [7, 11) is 0. The molecule has 2 rings (SSSR count). The molecule has 0 unspecified atom stereocenters. The van der Waals surface area contributed by atoms with Crippen LogP contribution in [-0.4, -0.2) is 30.5 Å². The van der Waals surface area contributed by atoms with Crippen LogP contribution in [0.2, 0.25) is 5.02 Å². The van der Waals surface area contributed by atoms with Gasteiger partial charge >= 0.3 is 0 Å². The van der Waals surface area contributed by atoms with Crippen LogP contribution in [0, 0.1) is 6.92 Å². The molecule has 1 aliphatic heterocycles. The molecule has 0 radical (unpaired) electrons.